The van der Waals surface area contributed by atoms with E-state index in [1.54, 1.807) is 0 Å². The minimum Gasteiger partial charge on any atom is -0.494 e. The van der Waals surface area contributed by atoms with Gasteiger partial charge >= 0.3 is 0 Å². The van der Waals surface area contributed by atoms with Gasteiger partial charge < -0.3 is 14.4 Å². The van der Waals surface area contributed by atoms with Gasteiger partial charge in [0.1, 0.15) is 5.75 Å². The zero-order chi connectivity index (χ0) is 18.5. The Morgan fingerprint density at radius 2 is 1.96 bits per heavy atom. The molecule has 2 aliphatic heterocycles. The number of carbonyl (C=O) groups excluding carboxylic acids is 1. The Morgan fingerprint density at radius 1 is 1.27 bits per heavy atom. The Morgan fingerprint density at radius 3 is 2.62 bits per heavy atom. The molecule has 140 valence electrons. The number of amidine groups is 1. The van der Waals surface area contributed by atoms with Crippen LogP contribution >= 0.6 is 11.8 Å². The fourth-order valence-corrected chi connectivity index (χ4v) is 3.94. The van der Waals surface area contributed by atoms with Crippen molar-refractivity contribution in [1.82, 2.24) is 4.90 Å². The average Bonchev–Trinajstić information content (AvgIpc) is 2.97. The van der Waals surface area contributed by atoms with Crippen molar-refractivity contribution in [3.8, 4) is 5.75 Å². The maximum Gasteiger partial charge on any atom is 0.286 e. The Labute approximate surface area is 159 Å². The molecule has 1 saturated heterocycles. The summed E-state index contributed by atoms with van der Waals surface area (Å²) in [5.74, 6) is 0.694. The number of aliphatic imine (C=N–C) groups is 1. The maximum absolute atomic E-state index is 12.3. The fraction of sp³-hybridized carbons (Fsp3) is 0.500. The number of hydrogen-bond acceptors (Lipinski definition) is 5. The van der Waals surface area contributed by atoms with Gasteiger partial charge in [0.25, 0.3) is 5.91 Å². The molecule has 5 nitrogen and oxygen atoms in total. The number of rotatable bonds is 5. The molecule has 2 aliphatic rings. The number of nitrogens with zero attached hydrogens (tertiary/aromatic N) is 2. The van der Waals surface area contributed by atoms with E-state index < -0.39 is 0 Å². The lowest BCUT2D eigenvalue weighted by Crippen LogP contribution is -2.47. The summed E-state index contributed by atoms with van der Waals surface area (Å²) in [5.41, 5.74) is 0.976. The van der Waals surface area contributed by atoms with Crippen molar-refractivity contribution in [3.05, 3.63) is 34.7 Å². The van der Waals surface area contributed by atoms with E-state index in [4.69, 9.17) is 9.47 Å². The number of unbranched alkanes of at least 4 members (excludes halogenated alkanes) is 1. The number of benzene rings is 1. The molecule has 0 saturated carbocycles. The molecule has 0 spiro atoms. The summed E-state index contributed by atoms with van der Waals surface area (Å²) in [6.45, 7) is 8.50. The van der Waals surface area contributed by atoms with E-state index in [0.717, 1.165) is 49.0 Å². The van der Waals surface area contributed by atoms with Gasteiger partial charge in [-0.1, -0.05) is 25.5 Å². The second kappa shape index (κ2) is 8.73. The highest BCUT2D eigenvalue weighted by Crippen LogP contribution is 2.31. The normalized spacial score (nSPS) is 24.9. The van der Waals surface area contributed by atoms with Crippen molar-refractivity contribution in [2.75, 3.05) is 19.7 Å². The number of thioether (sulfide) groups is 1. The summed E-state index contributed by atoms with van der Waals surface area (Å²) in [6, 6.07) is 7.83. The van der Waals surface area contributed by atoms with E-state index in [1.165, 1.54) is 11.8 Å². The van der Waals surface area contributed by atoms with E-state index in [2.05, 4.69) is 16.8 Å². The first-order valence-electron chi connectivity index (χ1n) is 9.21. The second-order valence-corrected chi connectivity index (χ2v) is 7.75. The quantitative estimate of drug-likeness (QED) is 0.577. The van der Waals surface area contributed by atoms with Crippen LogP contribution in [0.25, 0.3) is 6.08 Å². The number of ether oxygens (including phenoxy) is 2. The number of hydrogen-bond donors (Lipinski definition) is 0. The van der Waals surface area contributed by atoms with Gasteiger partial charge in [-0.25, -0.2) is 0 Å². The molecule has 2 atom stereocenters. The Balaban J connectivity index is 1.63. The highest BCUT2D eigenvalue weighted by atomic mass is 32.2. The third kappa shape index (κ3) is 4.89. The van der Waals surface area contributed by atoms with Crippen LogP contribution in [-0.2, 0) is 9.53 Å². The summed E-state index contributed by atoms with van der Waals surface area (Å²) >= 11 is 1.45. The van der Waals surface area contributed by atoms with Crippen molar-refractivity contribution in [2.24, 2.45) is 4.99 Å². The van der Waals surface area contributed by atoms with Gasteiger partial charge in [0, 0.05) is 13.1 Å². The monoisotopic (exact) mass is 374 g/mol. The van der Waals surface area contributed by atoms with Crippen LogP contribution in [0.3, 0.4) is 0 Å². The molecule has 6 heteroatoms. The van der Waals surface area contributed by atoms with Crippen LogP contribution in [0.4, 0.5) is 0 Å². The number of carbonyl (C=O) groups is 1. The molecule has 2 unspecified atom stereocenters. The van der Waals surface area contributed by atoms with Crippen LogP contribution in [-0.4, -0.2) is 47.9 Å². The van der Waals surface area contributed by atoms with Gasteiger partial charge in [0.15, 0.2) is 5.17 Å². The first kappa shape index (κ1) is 19.0. The van der Waals surface area contributed by atoms with Gasteiger partial charge in [-0.2, -0.15) is 4.99 Å². The first-order valence-corrected chi connectivity index (χ1v) is 10.0. The van der Waals surface area contributed by atoms with Crippen molar-refractivity contribution >= 4 is 28.9 Å². The predicted molar refractivity (Wildman–Crippen MR) is 106 cm³/mol. The van der Waals surface area contributed by atoms with Crippen LogP contribution in [0.2, 0.25) is 0 Å². The van der Waals surface area contributed by atoms with Gasteiger partial charge in [0.05, 0.1) is 23.7 Å². The molecule has 1 aromatic rings. The van der Waals surface area contributed by atoms with E-state index in [1.807, 2.05) is 44.2 Å². The minimum atomic E-state index is -0.167. The van der Waals surface area contributed by atoms with Gasteiger partial charge in [0.2, 0.25) is 0 Å². The summed E-state index contributed by atoms with van der Waals surface area (Å²) in [4.78, 5) is 19.3. The molecule has 0 radical (unpaired) electrons. The van der Waals surface area contributed by atoms with Crippen molar-refractivity contribution in [1.29, 1.82) is 0 Å². The number of morpholine rings is 1. The van der Waals surface area contributed by atoms with Crippen LogP contribution in [0.15, 0.2) is 34.2 Å². The third-order valence-corrected chi connectivity index (χ3v) is 5.29. The number of amides is 1. The molecule has 3 rings (SSSR count). The molecular formula is C20H26N2O3S. The van der Waals surface area contributed by atoms with Gasteiger partial charge in [-0.3, -0.25) is 4.79 Å². The molecule has 0 aliphatic carbocycles. The molecule has 1 amide bonds. The summed E-state index contributed by atoms with van der Waals surface area (Å²) in [5, 5.41) is 0.780. The molecule has 2 heterocycles. The molecule has 1 aromatic carbocycles. The topological polar surface area (TPSA) is 51.1 Å². The summed E-state index contributed by atoms with van der Waals surface area (Å²) in [7, 11) is 0. The maximum atomic E-state index is 12.3. The highest BCUT2D eigenvalue weighted by molar-refractivity contribution is 8.18. The van der Waals surface area contributed by atoms with E-state index in [9.17, 15) is 4.79 Å². The predicted octanol–water partition coefficient (Wildman–Crippen LogP) is 3.95. The molecule has 26 heavy (non-hydrogen) atoms. The zero-order valence-corrected chi connectivity index (χ0v) is 16.4. The smallest absolute Gasteiger partial charge is 0.286 e. The Hall–Kier alpha value is -1.79. The summed E-state index contributed by atoms with van der Waals surface area (Å²) < 4.78 is 11.4. The SMILES string of the molecule is CCCCOc1ccc(/C=C2/SC(N3CC(C)OC(C)C3)=NC2=O)cc1. The van der Waals surface area contributed by atoms with Crippen molar-refractivity contribution in [3.63, 3.8) is 0 Å². The third-order valence-electron chi connectivity index (χ3n) is 4.24. The molecule has 0 aromatic heterocycles. The molecule has 0 bridgehead atoms. The van der Waals surface area contributed by atoms with Crippen LogP contribution < -0.4 is 4.74 Å². The van der Waals surface area contributed by atoms with E-state index >= 15 is 0 Å². The largest absolute Gasteiger partial charge is 0.494 e. The fourth-order valence-electron chi connectivity index (χ4n) is 3.01. The van der Waals surface area contributed by atoms with Crippen molar-refractivity contribution < 1.29 is 14.3 Å². The van der Waals surface area contributed by atoms with Crippen LogP contribution in [0.5, 0.6) is 5.75 Å². The lowest BCUT2D eigenvalue weighted by atomic mass is 10.2. The van der Waals surface area contributed by atoms with Gasteiger partial charge in [-0.15, -0.1) is 0 Å². The molecular weight excluding hydrogens is 348 g/mol. The lowest BCUT2D eigenvalue weighted by molar-refractivity contribution is -0.113. The summed E-state index contributed by atoms with van der Waals surface area (Å²) in [6.07, 6.45) is 4.35. The van der Waals surface area contributed by atoms with E-state index in [0.29, 0.717) is 4.91 Å². The molecule has 1 fully saturated rings. The zero-order valence-electron chi connectivity index (χ0n) is 15.6. The first-order chi connectivity index (χ1) is 12.5. The lowest BCUT2D eigenvalue weighted by Gasteiger charge is -2.35. The Bertz CT molecular complexity index is 690. The van der Waals surface area contributed by atoms with Crippen LogP contribution in [0.1, 0.15) is 39.2 Å². The average molecular weight is 375 g/mol. The minimum absolute atomic E-state index is 0.144. The van der Waals surface area contributed by atoms with Crippen LogP contribution in [0, 0.1) is 0 Å². The molecule has 0 N–H and O–H groups in total. The van der Waals surface area contributed by atoms with Crippen molar-refractivity contribution in [2.45, 2.75) is 45.8 Å². The van der Waals surface area contributed by atoms with E-state index in [-0.39, 0.29) is 18.1 Å². The highest BCUT2D eigenvalue weighted by Gasteiger charge is 2.30. The second-order valence-electron chi connectivity index (χ2n) is 6.74. The standard InChI is InChI=1S/C20H26N2O3S/c1-4-5-10-24-17-8-6-16(7-9-17)11-18-19(23)21-20(26-18)22-12-14(2)25-15(3)13-22/h6-9,11,14-15H,4-5,10,12-13H2,1-3H3/b18-11+. The van der Waals surface area contributed by atoms with Gasteiger partial charge in [-0.05, 0) is 55.8 Å². The Kier molecular flexibility index (Phi) is 6.38.